The molecule has 2 aromatic rings. The lowest BCUT2D eigenvalue weighted by Crippen LogP contribution is -2.41. The highest BCUT2D eigenvalue weighted by atomic mass is 32.2. The largest absolute Gasteiger partial charge is 0.490 e. The van der Waals surface area contributed by atoms with Gasteiger partial charge in [0.2, 0.25) is 10.0 Å². The van der Waals surface area contributed by atoms with Crippen LogP contribution in [0.2, 0.25) is 0 Å². The second kappa shape index (κ2) is 9.79. The maximum atomic E-state index is 13.1. The minimum atomic E-state index is -3.70. The summed E-state index contributed by atoms with van der Waals surface area (Å²) in [4.78, 5) is 12.8. The van der Waals surface area contributed by atoms with Crippen molar-refractivity contribution >= 4 is 16.0 Å². The van der Waals surface area contributed by atoms with Crippen molar-refractivity contribution < 1.29 is 32.2 Å². The summed E-state index contributed by atoms with van der Waals surface area (Å²) in [6, 6.07) is 11.7. The van der Waals surface area contributed by atoms with E-state index in [-0.39, 0.29) is 29.9 Å². The van der Waals surface area contributed by atoms with E-state index in [0.717, 1.165) is 6.42 Å². The average molecular weight is 462 g/mol. The Hall–Kier alpha value is -2.78. The molecule has 0 saturated carbocycles. The number of hydrogen-bond donors (Lipinski definition) is 0. The molecule has 0 unspecified atom stereocenters. The molecule has 0 aromatic heterocycles. The number of carbonyl (C=O) groups excluding carboxylic acids is 1. The molecule has 32 heavy (non-hydrogen) atoms. The van der Waals surface area contributed by atoms with Gasteiger partial charge in [-0.15, -0.1) is 0 Å². The normalized spacial score (nSPS) is 17.4. The Morgan fingerprint density at radius 1 is 1.03 bits per heavy atom. The maximum Gasteiger partial charge on any atom is 0.314 e. The van der Waals surface area contributed by atoms with Gasteiger partial charge < -0.3 is 18.9 Å². The van der Waals surface area contributed by atoms with Crippen LogP contribution in [0.15, 0.2) is 47.4 Å². The lowest BCUT2D eigenvalue weighted by atomic mass is 9.98. The van der Waals surface area contributed by atoms with Crippen LogP contribution in [-0.4, -0.2) is 51.6 Å². The van der Waals surface area contributed by atoms with Crippen molar-refractivity contribution in [2.24, 2.45) is 5.92 Å². The van der Waals surface area contributed by atoms with Crippen LogP contribution < -0.4 is 18.9 Å². The third-order valence-corrected chi connectivity index (χ3v) is 7.40. The summed E-state index contributed by atoms with van der Waals surface area (Å²) in [5, 5.41) is 0. The van der Waals surface area contributed by atoms with Gasteiger partial charge in [0, 0.05) is 25.6 Å². The maximum absolute atomic E-state index is 13.1. The van der Waals surface area contributed by atoms with Gasteiger partial charge in [-0.25, -0.2) is 8.42 Å². The van der Waals surface area contributed by atoms with Crippen molar-refractivity contribution in [2.45, 2.75) is 31.1 Å². The van der Waals surface area contributed by atoms with Gasteiger partial charge in [-0.1, -0.05) is 12.1 Å². The van der Waals surface area contributed by atoms with E-state index in [1.165, 1.54) is 16.4 Å². The van der Waals surface area contributed by atoms with Gasteiger partial charge in [0.15, 0.2) is 23.0 Å². The zero-order chi connectivity index (χ0) is 22.6. The fraction of sp³-hybridized carbons (Fsp3) is 0.435. The zero-order valence-electron chi connectivity index (χ0n) is 18.0. The summed E-state index contributed by atoms with van der Waals surface area (Å²) in [5.74, 6) is 1.13. The van der Waals surface area contributed by atoms with E-state index in [4.69, 9.17) is 18.9 Å². The summed E-state index contributed by atoms with van der Waals surface area (Å²) in [5.41, 5.74) is 0. The smallest absolute Gasteiger partial charge is 0.314 e. The van der Waals surface area contributed by atoms with Crippen LogP contribution in [0, 0.1) is 5.92 Å². The molecule has 1 saturated heterocycles. The molecule has 0 spiro atoms. The molecule has 0 aliphatic carbocycles. The third-order valence-electron chi connectivity index (χ3n) is 5.50. The second-order valence-electron chi connectivity index (χ2n) is 7.64. The van der Waals surface area contributed by atoms with Gasteiger partial charge in [-0.3, -0.25) is 4.79 Å². The average Bonchev–Trinajstić information content (AvgIpc) is 3.05. The Morgan fingerprint density at radius 2 is 1.72 bits per heavy atom. The minimum Gasteiger partial charge on any atom is -0.490 e. The number of hydrogen-bond acceptors (Lipinski definition) is 7. The van der Waals surface area contributed by atoms with E-state index in [9.17, 15) is 13.2 Å². The quantitative estimate of drug-likeness (QED) is 0.482. The number of piperidine rings is 1. The second-order valence-corrected chi connectivity index (χ2v) is 9.58. The number of carbonyl (C=O) groups is 1. The first-order valence-electron chi connectivity index (χ1n) is 10.8. The van der Waals surface area contributed by atoms with Crippen LogP contribution in [0.3, 0.4) is 0 Å². The fourth-order valence-electron chi connectivity index (χ4n) is 3.79. The van der Waals surface area contributed by atoms with E-state index in [0.29, 0.717) is 55.7 Å². The molecule has 8 nitrogen and oxygen atoms in total. The van der Waals surface area contributed by atoms with Crippen LogP contribution in [-0.2, 0) is 14.8 Å². The molecule has 2 aliphatic rings. The van der Waals surface area contributed by atoms with Crippen molar-refractivity contribution in [1.29, 1.82) is 0 Å². The van der Waals surface area contributed by atoms with E-state index in [2.05, 4.69) is 0 Å². The first-order chi connectivity index (χ1) is 15.5. The predicted octanol–water partition coefficient (Wildman–Crippen LogP) is 3.25. The molecule has 172 valence electrons. The van der Waals surface area contributed by atoms with Gasteiger partial charge in [0.05, 0.1) is 30.6 Å². The van der Waals surface area contributed by atoms with E-state index in [1.54, 1.807) is 24.3 Å². The summed E-state index contributed by atoms with van der Waals surface area (Å²) in [7, 11) is -3.70. The Balaban J connectivity index is 1.40. The fourth-order valence-corrected chi connectivity index (χ4v) is 5.27. The lowest BCUT2D eigenvalue weighted by Gasteiger charge is -2.30. The predicted molar refractivity (Wildman–Crippen MR) is 117 cm³/mol. The summed E-state index contributed by atoms with van der Waals surface area (Å²) < 4.78 is 49.9. The first kappa shape index (κ1) is 22.4. The Labute approximate surface area is 188 Å². The number of ether oxygens (including phenoxy) is 4. The third kappa shape index (κ3) is 4.83. The van der Waals surface area contributed by atoms with Crippen molar-refractivity contribution in [3.8, 4) is 23.0 Å². The molecule has 1 fully saturated rings. The SMILES string of the molecule is CCOc1ccccc1OC(=O)C1CCN(S(=O)(=O)c2ccc3c(c2)OCCCO3)CC1. The van der Waals surface area contributed by atoms with E-state index in [1.807, 2.05) is 13.0 Å². The van der Waals surface area contributed by atoms with Crippen molar-refractivity contribution in [3.05, 3.63) is 42.5 Å². The van der Waals surface area contributed by atoms with Crippen LogP contribution in [0.4, 0.5) is 0 Å². The molecule has 9 heteroatoms. The number of para-hydroxylation sites is 2. The Morgan fingerprint density at radius 3 is 2.44 bits per heavy atom. The molecule has 0 amide bonds. The van der Waals surface area contributed by atoms with Gasteiger partial charge in [-0.05, 0) is 44.0 Å². The Kier molecular flexibility index (Phi) is 6.86. The minimum absolute atomic E-state index is 0.161. The van der Waals surface area contributed by atoms with Crippen LogP contribution >= 0.6 is 0 Å². The molecule has 2 aromatic carbocycles. The number of sulfonamides is 1. The van der Waals surface area contributed by atoms with Crippen LogP contribution in [0.1, 0.15) is 26.2 Å². The van der Waals surface area contributed by atoms with Crippen molar-refractivity contribution in [2.75, 3.05) is 32.9 Å². The number of rotatable bonds is 6. The lowest BCUT2D eigenvalue weighted by molar-refractivity contribution is -0.140. The summed E-state index contributed by atoms with van der Waals surface area (Å²) >= 11 is 0. The molecular weight excluding hydrogens is 434 g/mol. The molecule has 2 aliphatic heterocycles. The number of fused-ring (bicyclic) bond motifs is 1. The standard InChI is InChI=1S/C23H27NO7S/c1-2-28-19-6-3-4-7-21(19)31-23(25)17-10-12-24(13-11-17)32(26,27)18-8-9-20-22(16-18)30-15-5-14-29-20/h3-4,6-9,16-17H,2,5,10-15H2,1H3. The monoisotopic (exact) mass is 461 g/mol. The van der Waals surface area contributed by atoms with Crippen molar-refractivity contribution in [3.63, 3.8) is 0 Å². The highest BCUT2D eigenvalue weighted by molar-refractivity contribution is 7.89. The van der Waals surface area contributed by atoms with E-state index >= 15 is 0 Å². The molecule has 4 rings (SSSR count). The topological polar surface area (TPSA) is 91.4 Å². The van der Waals surface area contributed by atoms with Crippen LogP contribution in [0.5, 0.6) is 23.0 Å². The van der Waals surface area contributed by atoms with Crippen molar-refractivity contribution in [1.82, 2.24) is 4.31 Å². The molecule has 0 N–H and O–H groups in total. The van der Waals surface area contributed by atoms with Gasteiger partial charge in [0.25, 0.3) is 0 Å². The zero-order valence-corrected chi connectivity index (χ0v) is 18.8. The van der Waals surface area contributed by atoms with Crippen LogP contribution in [0.25, 0.3) is 0 Å². The molecule has 0 radical (unpaired) electrons. The first-order valence-corrected chi connectivity index (χ1v) is 12.3. The number of esters is 1. The molecule has 0 bridgehead atoms. The summed E-state index contributed by atoms with van der Waals surface area (Å²) in [6.07, 6.45) is 1.52. The van der Waals surface area contributed by atoms with Gasteiger partial charge >= 0.3 is 5.97 Å². The molecule has 2 heterocycles. The van der Waals surface area contributed by atoms with E-state index < -0.39 is 10.0 Å². The summed E-state index contributed by atoms with van der Waals surface area (Å²) in [6.45, 7) is 3.82. The highest BCUT2D eigenvalue weighted by Crippen LogP contribution is 2.34. The highest BCUT2D eigenvalue weighted by Gasteiger charge is 2.34. The number of nitrogens with zero attached hydrogens (tertiary/aromatic N) is 1. The Bertz CT molecular complexity index is 1060. The van der Waals surface area contributed by atoms with Gasteiger partial charge in [0.1, 0.15) is 0 Å². The van der Waals surface area contributed by atoms with Gasteiger partial charge in [-0.2, -0.15) is 4.31 Å². The molecule has 0 atom stereocenters. The molecular formula is C23H27NO7S. The number of benzene rings is 2.